The zero-order valence-corrected chi connectivity index (χ0v) is 8.95. The van der Waals surface area contributed by atoms with Crippen LogP contribution in [0, 0.1) is 0 Å². The van der Waals surface area contributed by atoms with E-state index in [0.29, 0.717) is 13.0 Å². The molecule has 0 heterocycles. The van der Waals surface area contributed by atoms with E-state index in [-0.39, 0.29) is 18.6 Å². The Balaban J connectivity index is 4.23. The highest BCUT2D eigenvalue weighted by Crippen LogP contribution is 2.03. The van der Waals surface area contributed by atoms with Gasteiger partial charge in [-0.25, -0.2) is 0 Å². The zero-order valence-electron chi connectivity index (χ0n) is 8.95. The first-order valence-corrected chi connectivity index (χ1v) is 4.68. The average Bonchev–Trinajstić information content (AvgIpc) is 2.04. The van der Waals surface area contributed by atoms with Gasteiger partial charge in [0.15, 0.2) is 0 Å². The number of hydrogen-bond donors (Lipinski definition) is 1. The molecule has 1 unspecified atom stereocenters. The maximum Gasteiger partial charge on any atom is 0.323 e. The second-order valence-corrected chi connectivity index (χ2v) is 3.06. The van der Waals surface area contributed by atoms with E-state index >= 15 is 0 Å². The lowest BCUT2D eigenvalue weighted by Gasteiger charge is -2.23. The van der Waals surface area contributed by atoms with Crippen LogP contribution in [-0.2, 0) is 14.3 Å². The van der Waals surface area contributed by atoms with Crippen LogP contribution in [0.25, 0.3) is 0 Å². The Kier molecular flexibility index (Phi) is 5.87. The first-order chi connectivity index (χ1) is 6.52. The van der Waals surface area contributed by atoms with E-state index in [2.05, 4.69) is 0 Å². The molecule has 82 valence electrons. The maximum atomic E-state index is 11.4. The normalized spacial score (nSPS) is 12.6. The van der Waals surface area contributed by atoms with Crippen LogP contribution >= 0.6 is 0 Å². The standard InChI is InChI=1S/C9H18N2O3/c1-4-7(9(13)14-5-2)11(3)6-8(10)12/h7H,4-6H2,1-3H3,(H2,10,12). The number of primary amides is 1. The summed E-state index contributed by atoms with van der Waals surface area (Å²) in [4.78, 5) is 23.6. The van der Waals surface area contributed by atoms with Crippen LogP contribution in [0.4, 0.5) is 0 Å². The van der Waals surface area contributed by atoms with E-state index in [4.69, 9.17) is 10.5 Å². The molecule has 0 saturated heterocycles. The van der Waals surface area contributed by atoms with Crippen LogP contribution in [0.5, 0.6) is 0 Å². The number of esters is 1. The van der Waals surface area contributed by atoms with Gasteiger partial charge in [-0.3, -0.25) is 14.5 Å². The molecule has 0 aromatic heterocycles. The minimum Gasteiger partial charge on any atom is -0.465 e. The molecule has 0 spiro atoms. The van der Waals surface area contributed by atoms with Crippen LogP contribution in [0.3, 0.4) is 0 Å². The highest BCUT2D eigenvalue weighted by atomic mass is 16.5. The van der Waals surface area contributed by atoms with Gasteiger partial charge in [0.1, 0.15) is 6.04 Å². The summed E-state index contributed by atoms with van der Waals surface area (Å²) in [5.41, 5.74) is 5.03. The van der Waals surface area contributed by atoms with Gasteiger partial charge in [0.05, 0.1) is 13.2 Å². The number of likely N-dealkylation sites (N-methyl/N-ethyl adjacent to an activating group) is 1. The molecule has 5 nitrogen and oxygen atoms in total. The maximum absolute atomic E-state index is 11.4. The van der Waals surface area contributed by atoms with Crippen molar-refractivity contribution < 1.29 is 14.3 Å². The van der Waals surface area contributed by atoms with Crippen molar-refractivity contribution in [2.24, 2.45) is 5.73 Å². The Hall–Kier alpha value is -1.10. The summed E-state index contributed by atoms with van der Waals surface area (Å²) in [5, 5.41) is 0. The average molecular weight is 202 g/mol. The molecule has 2 N–H and O–H groups in total. The van der Waals surface area contributed by atoms with Gasteiger partial charge in [-0.1, -0.05) is 6.92 Å². The number of rotatable bonds is 6. The van der Waals surface area contributed by atoms with Crippen molar-refractivity contribution in [3.63, 3.8) is 0 Å². The Bertz CT molecular complexity index is 206. The lowest BCUT2D eigenvalue weighted by atomic mass is 10.2. The van der Waals surface area contributed by atoms with Crippen molar-refractivity contribution >= 4 is 11.9 Å². The second kappa shape index (κ2) is 6.37. The van der Waals surface area contributed by atoms with E-state index in [1.54, 1.807) is 18.9 Å². The fourth-order valence-electron chi connectivity index (χ4n) is 1.25. The van der Waals surface area contributed by atoms with E-state index in [1.165, 1.54) is 0 Å². The molecule has 0 radical (unpaired) electrons. The summed E-state index contributed by atoms with van der Waals surface area (Å²) < 4.78 is 4.86. The van der Waals surface area contributed by atoms with Crippen molar-refractivity contribution in [2.75, 3.05) is 20.2 Å². The van der Waals surface area contributed by atoms with Gasteiger partial charge in [-0.05, 0) is 20.4 Å². The van der Waals surface area contributed by atoms with Crippen LogP contribution < -0.4 is 5.73 Å². The molecule has 0 bridgehead atoms. The Morgan fingerprint density at radius 3 is 2.36 bits per heavy atom. The van der Waals surface area contributed by atoms with Crippen molar-refractivity contribution in [3.05, 3.63) is 0 Å². The Morgan fingerprint density at radius 1 is 1.43 bits per heavy atom. The highest BCUT2D eigenvalue weighted by molar-refractivity contribution is 5.79. The number of carbonyl (C=O) groups is 2. The van der Waals surface area contributed by atoms with E-state index in [9.17, 15) is 9.59 Å². The Morgan fingerprint density at radius 2 is 2.00 bits per heavy atom. The predicted octanol–water partition coefficient (Wildman–Crippen LogP) is -0.255. The molecule has 0 aromatic carbocycles. The molecule has 1 amide bonds. The summed E-state index contributed by atoms with van der Waals surface area (Å²) >= 11 is 0. The molecule has 0 fully saturated rings. The first-order valence-electron chi connectivity index (χ1n) is 4.68. The van der Waals surface area contributed by atoms with Gasteiger partial charge < -0.3 is 10.5 Å². The fourth-order valence-corrected chi connectivity index (χ4v) is 1.25. The van der Waals surface area contributed by atoms with Crippen LogP contribution in [0.1, 0.15) is 20.3 Å². The topological polar surface area (TPSA) is 72.6 Å². The van der Waals surface area contributed by atoms with Crippen molar-refractivity contribution in [2.45, 2.75) is 26.3 Å². The number of hydrogen-bond acceptors (Lipinski definition) is 4. The van der Waals surface area contributed by atoms with Crippen LogP contribution in [-0.4, -0.2) is 43.0 Å². The molecule has 14 heavy (non-hydrogen) atoms. The molecule has 1 atom stereocenters. The molecule has 5 heteroatoms. The minimum atomic E-state index is -0.449. The van der Waals surface area contributed by atoms with Gasteiger partial charge >= 0.3 is 5.97 Å². The summed E-state index contributed by atoms with van der Waals surface area (Å²) in [5.74, 6) is -0.756. The monoisotopic (exact) mass is 202 g/mol. The molecule has 0 aliphatic rings. The quantitative estimate of drug-likeness (QED) is 0.602. The Labute approximate surface area is 84.2 Å². The largest absolute Gasteiger partial charge is 0.465 e. The summed E-state index contributed by atoms with van der Waals surface area (Å²) in [6, 6.07) is -0.387. The lowest BCUT2D eigenvalue weighted by molar-refractivity contribution is -0.149. The smallest absolute Gasteiger partial charge is 0.323 e. The third-order valence-electron chi connectivity index (χ3n) is 1.88. The number of nitrogens with zero attached hydrogens (tertiary/aromatic N) is 1. The van der Waals surface area contributed by atoms with Crippen LogP contribution in [0.2, 0.25) is 0 Å². The van der Waals surface area contributed by atoms with Crippen LogP contribution in [0.15, 0.2) is 0 Å². The van der Waals surface area contributed by atoms with Gasteiger partial charge in [0, 0.05) is 0 Å². The van der Waals surface area contributed by atoms with Gasteiger partial charge in [0.25, 0.3) is 0 Å². The van der Waals surface area contributed by atoms with E-state index in [0.717, 1.165) is 0 Å². The molecular formula is C9H18N2O3. The number of amides is 1. The predicted molar refractivity (Wildman–Crippen MR) is 52.5 cm³/mol. The van der Waals surface area contributed by atoms with E-state index in [1.807, 2.05) is 6.92 Å². The number of carbonyl (C=O) groups excluding carboxylic acids is 2. The molecule has 0 rings (SSSR count). The van der Waals surface area contributed by atoms with Gasteiger partial charge in [-0.2, -0.15) is 0 Å². The third kappa shape index (κ3) is 4.23. The third-order valence-corrected chi connectivity index (χ3v) is 1.88. The summed E-state index contributed by atoms with van der Waals surface area (Å²) in [6.07, 6.45) is 0.600. The lowest BCUT2D eigenvalue weighted by Crippen LogP contribution is -2.43. The molecule has 0 aliphatic heterocycles. The zero-order chi connectivity index (χ0) is 11.1. The van der Waals surface area contributed by atoms with Crippen molar-refractivity contribution in [3.8, 4) is 0 Å². The first kappa shape index (κ1) is 12.9. The van der Waals surface area contributed by atoms with Gasteiger partial charge in [-0.15, -0.1) is 0 Å². The minimum absolute atomic E-state index is 0.0668. The number of ether oxygens (including phenoxy) is 1. The number of nitrogens with two attached hydrogens (primary N) is 1. The molecule has 0 aliphatic carbocycles. The molecular weight excluding hydrogens is 184 g/mol. The summed E-state index contributed by atoms with van der Waals surface area (Å²) in [7, 11) is 1.68. The van der Waals surface area contributed by atoms with Crippen molar-refractivity contribution in [1.29, 1.82) is 0 Å². The molecule has 0 saturated carbocycles. The SMILES string of the molecule is CCOC(=O)C(CC)N(C)CC(N)=O. The van der Waals surface area contributed by atoms with Crippen molar-refractivity contribution in [1.82, 2.24) is 4.90 Å². The highest BCUT2D eigenvalue weighted by Gasteiger charge is 2.23. The fraction of sp³-hybridized carbons (Fsp3) is 0.778. The second-order valence-electron chi connectivity index (χ2n) is 3.06. The molecule has 0 aromatic rings. The van der Waals surface area contributed by atoms with E-state index < -0.39 is 5.91 Å². The summed E-state index contributed by atoms with van der Waals surface area (Å²) in [6.45, 7) is 4.02. The van der Waals surface area contributed by atoms with Gasteiger partial charge in [0.2, 0.25) is 5.91 Å².